The van der Waals surface area contributed by atoms with Gasteiger partial charge in [-0.2, -0.15) is 4.98 Å². The molecule has 3 aromatic rings. The number of hydrogen-bond donors (Lipinski definition) is 0. The van der Waals surface area contributed by atoms with Crippen molar-refractivity contribution < 1.29 is 4.74 Å². The Bertz CT molecular complexity index is 753. The number of rotatable bonds is 4. The summed E-state index contributed by atoms with van der Waals surface area (Å²) in [4.78, 5) is 15.2. The fourth-order valence-electron chi connectivity index (χ4n) is 2.24. The van der Waals surface area contributed by atoms with Crippen molar-refractivity contribution in [3.8, 4) is 6.01 Å². The van der Waals surface area contributed by atoms with Gasteiger partial charge in [0.1, 0.15) is 6.33 Å². The first-order valence-corrected chi connectivity index (χ1v) is 6.81. The molecule has 0 fully saturated rings. The molecular weight excluding hydrogens is 266 g/mol. The molecule has 0 aliphatic heterocycles. The van der Waals surface area contributed by atoms with Crippen LogP contribution >= 0.6 is 0 Å². The number of hydrogen-bond acceptors (Lipinski definition) is 5. The van der Waals surface area contributed by atoms with Crippen LogP contribution in [0.3, 0.4) is 0 Å². The number of nitrogens with zero attached hydrogens (tertiary/aromatic N) is 5. The molecule has 0 atom stereocenters. The van der Waals surface area contributed by atoms with Crippen LogP contribution in [0.5, 0.6) is 6.01 Å². The van der Waals surface area contributed by atoms with Gasteiger partial charge in [-0.05, 0) is 19.1 Å². The van der Waals surface area contributed by atoms with Crippen molar-refractivity contribution in [1.29, 1.82) is 0 Å². The molecule has 21 heavy (non-hydrogen) atoms. The maximum absolute atomic E-state index is 5.53. The monoisotopic (exact) mass is 283 g/mol. The highest BCUT2D eigenvalue weighted by atomic mass is 16.5. The number of fused-ring (bicyclic) bond motifs is 1. The van der Waals surface area contributed by atoms with Crippen LogP contribution in [0, 0.1) is 0 Å². The van der Waals surface area contributed by atoms with Crippen molar-refractivity contribution in [3.05, 3.63) is 36.7 Å². The third-order valence-corrected chi connectivity index (χ3v) is 3.33. The molecule has 1 aromatic carbocycles. The number of ether oxygens (including phenoxy) is 1. The van der Waals surface area contributed by atoms with E-state index in [4.69, 9.17) is 4.74 Å². The van der Waals surface area contributed by atoms with E-state index < -0.39 is 0 Å². The molecule has 108 valence electrons. The second-order valence-corrected chi connectivity index (χ2v) is 4.65. The Morgan fingerprint density at radius 2 is 1.95 bits per heavy atom. The van der Waals surface area contributed by atoms with Crippen molar-refractivity contribution in [1.82, 2.24) is 19.5 Å². The number of para-hydroxylation sites is 1. The molecule has 0 bridgehead atoms. The third-order valence-electron chi connectivity index (χ3n) is 3.33. The minimum atomic E-state index is 0.552. The Kier molecular flexibility index (Phi) is 3.43. The zero-order chi connectivity index (χ0) is 14.8. The third kappa shape index (κ3) is 2.29. The van der Waals surface area contributed by atoms with E-state index in [0.717, 1.165) is 22.7 Å². The molecule has 3 rings (SSSR count). The van der Waals surface area contributed by atoms with E-state index in [1.54, 1.807) is 6.33 Å². The van der Waals surface area contributed by atoms with E-state index in [9.17, 15) is 0 Å². The Labute approximate surface area is 123 Å². The van der Waals surface area contributed by atoms with Crippen LogP contribution in [0.15, 0.2) is 36.7 Å². The Morgan fingerprint density at radius 1 is 1.19 bits per heavy atom. The fraction of sp³-hybridized carbons (Fsp3) is 0.267. The van der Waals surface area contributed by atoms with E-state index in [1.807, 2.05) is 60.8 Å². The SMILES string of the molecule is CCOc1nc2c(N(C)c3ccccc3)ncnc2n1C. The van der Waals surface area contributed by atoms with Crippen molar-refractivity contribution in [2.75, 3.05) is 18.6 Å². The van der Waals surface area contributed by atoms with E-state index >= 15 is 0 Å². The minimum absolute atomic E-state index is 0.552. The molecule has 0 aliphatic carbocycles. The molecule has 6 heteroatoms. The van der Waals surface area contributed by atoms with Gasteiger partial charge in [-0.3, -0.25) is 4.57 Å². The molecule has 0 radical (unpaired) electrons. The standard InChI is InChI=1S/C15H17N5O/c1-4-21-15-18-12-13(16-10-17-14(12)20(15)3)19(2)11-8-6-5-7-9-11/h5-10H,4H2,1-3H3. The average molecular weight is 283 g/mol. The van der Waals surface area contributed by atoms with E-state index in [-0.39, 0.29) is 0 Å². The summed E-state index contributed by atoms with van der Waals surface area (Å²) in [6.07, 6.45) is 1.55. The molecule has 2 heterocycles. The number of aromatic nitrogens is 4. The van der Waals surface area contributed by atoms with Crippen LogP contribution in [-0.2, 0) is 7.05 Å². The van der Waals surface area contributed by atoms with Crippen LogP contribution in [0.4, 0.5) is 11.5 Å². The number of benzene rings is 1. The first-order chi connectivity index (χ1) is 10.2. The summed E-state index contributed by atoms with van der Waals surface area (Å²) in [5.41, 5.74) is 2.53. The van der Waals surface area contributed by atoms with Gasteiger partial charge in [0.15, 0.2) is 17.0 Å². The highest BCUT2D eigenvalue weighted by Crippen LogP contribution is 2.29. The first kappa shape index (κ1) is 13.4. The van der Waals surface area contributed by atoms with Crippen molar-refractivity contribution in [2.24, 2.45) is 7.05 Å². The van der Waals surface area contributed by atoms with Crippen molar-refractivity contribution in [2.45, 2.75) is 6.92 Å². The van der Waals surface area contributed by atoms with Crippen LogP contribution in [0.25, 0.3) is 11.2 Å². The molecule has 0 N–H and O–H groups in total. The quantitative estimate of drug-likeness (QED) is 0.736. The van der Waals surface area contributed by atoms with Gasteiger partial charge in [-0.15, -0.1) is 0 Å². The summed E-state index contributed by atoms with van der Waals surface area (Å²) in [5, 5.41) is 0. The molecule has 0 aliphatic rings. The lowest BCUT2D eigenvalue weighted by Gasteiger charge is -2.17. The van der Waals surface area contributed by atoms with Crippen molar-refractivity contribution >= 4 is 22.7 Å². The zero-order valence-electron chi connectivity index (χ0n) is 12.3. The smallest absolute Gasteiger partial charge is 0.298 e. The molecule has 0 amide bonds. The second kappa shape index (κ2) is 5.40. The van der Waals surface area contributed by atoms with Gasteiger partial charge in [0.2, 0.25) is 0 Å². The highest BCUT2D eigenvalue weighted by Gasteiger charge is 2.17. The van der Waals surface area contributed by atoms with Gasteiger partial charge in [0.25, 0.3) is 6.01 Å². The summed E-state index contributed by atoms with van der Waals surface area (Å²) in [7, 11) is 3.85. The number of imidazole rings is 1. The Balaban J connectivity index is 2.13. The largest absolute Gasteiger partial charge is 0.465 e. The van der Waals surface area contributed by atoms with E-state index in [0.29, 0.717) is 12.6 Å². The summed E-state index contributed by atoms with van der Waals surface area (Å²) in [6, 6.07) is 10.6. The maximum Gasteiger partial charge on any atom is 0.298 e. The summed E-state index contributed by atoms with van der Waals surface area (Å²) >= 11 is 0. The van der Waals surface area contributed by atoms with E-state index in [2.05, 4.69) is 15.0 Å². The number of anilines is 2. The normalized spacial score (nSPS) is 10.8. The van der Waals surface area contributed by atoms with E-state index in [1.165, 1.54) is 0 Å². The molecule has 0 spiro atoms. The second-order valence-electron chi connectivity index (χ2n) is 4.65. The Morgan fingerprint density at radius 3 is 2.67 bits per heavy atom. The maximum atomic E-state index is 5.53. The molecule has 2 aromatic heterocycles. The molecule has 0 unspecified atom stereocenters. The van der Waals surface area contributed by atoms with Crippen molar-refractivity contribution in [3.63, 3.8) is 0 Å². The van der Waals surface area contributed by atoms with Crippen LogP contribution < -0.4 is 9.64 Å². The van der Waals surface area contributed by atoms with Gasteiger partial charge in [0.05, 0.1) is 6.61 Å². The van der Waals surface area contributed by atoms with Gasteiger partial charge in [-0.25, -0.2) is 9.97 Å². The molecule has 0 saturated carbocycles. The van der Waals surface area contributed by atoms with Gasteiger partial charge in [-0.1, -0.05) is 18.2 Å². The molecule has 6 nitrogen and oxygen atoms in total. The minimum Gasteiger partial charge on any atom is -0.465 e. The lowest BCUT2D eigenvalue weighted by Crippen LogP contribution is -2.12. The summed E-state index contributed by atoms with van der Waals surface area (Å²) in [5.74, 6) is 0.757. The van der Waals surface area contributed by atoms with Gasteiger partial charge < -0.3 is 9.64 Å². The number of aryl methyl sites for hydroxylation is 1. The average Bonchev–Trinajstić information content (AvgIpc) is 2.85. The highest BCUT2D eigenvalue weighted by molar-refractivity contribution is 5.86. The lowest BCUT2D eigenvalue weighted by molar-refractivity contribution is 0.304. The predicted octanol–water partition coefficient (Wildman–Crippen LogP) is 2.53. The van der Waals surface area contributed by atoms with Gasteiger partial charge in [0, 0.05) is 19.8 Å². The lowest BCUT2D eigenvalue weighted by atomic mass is 10.3. The topological polar surface area (TPSA) is 56.1 Å². The molecule has 0 saturated heterocycles. The summed E-state index contributed by atoms with van der Waals surface area (Å²) in [6.45, 7) is 2.50. The van der Waals surface area contributed by atoms with Crippen LogP contribution in [0.2, 0.25) is 0 Å². The van der Waals surface area contributed by atoms with Crippen LogP contribution in [-0.4, -0.2) is 33.2 Å². The van der Waals surface area contributed by atoms with Crippen LogP contribution in [0.1, 0.15) is 6.92 Å². The zero-order valence-corrected chi connectivity index (χ0v) is 12.3. The van der Waals surface area contributed by atoms with Gasteiger partial charge >= 0.3 is 0 Å². The first-order valence-electron chi connectivity index (χ1n) is 6.81. The molecular formula is C15H17N5O. The fourth-order valence-corrected chi connectivity index (χ4v) is 2.24. The predicted molar refractivity (Wildman–Crippen MR) is 82.0 cm³/mol. The summed E-state index contributed by atoms with van der Waals surface area (Å²) < 4.78 is 7.36. The Hall–Kier alpha value is -2.63.